The van der Waals surface area contributed by atoms with E-state index in [0.29, 0.717) is 0 Å². The van der Waals surface area contributed by atoms with E-state index in [2.05, 4.69) is 26.2 Å². The summed E-state index contributed by atoms with van der Waals surface area (Å²) in [5.41, 5.74) is 0. The van der Waals surface area contributed by atoms with E-state index in [1.807, 2.05) is 0 Å². The summed E-state index contributed by atoms with van der Waals surface area (Å²) in [6.07, 6.45) is 7.11. The molecule has 0 saturated heterocycles. The van der Waals surface area contributed by atoms with Crippen LogP contribution in [0.4, 0.5) is 0 Å². The summed E-state index contributed by atoms with van der Waals surface area (Å²) >= 11 is 0. The molecule has 0 aromatic carbocycles. The van der Waals surface area contributed by atoms with Crippen LogP contribution in [0, 0.1) is 11.8 Å². The lowest BCUT2D eigenvalue weighted by molar-refractivity contribution is 0.315. The Morgan fingerprint density at radius 3 is 2.42 bits per heavy atom. The molecule has 0 spiro atoms. The van der Waals surface area contributed by atoms with E-state index in [1.54, 1.807) is 0 Å². The maximum absolute atomic E-state index is 3.43. The first-order valence-corrected chi connectivity index (χ1v) is 5.41. The summed E-state index contributed by atoms with van der Waals surface area (Å²) in [7, 11) is 2.10. The maximum Gasteiger partial charge on any atom is 0.00668 e. The zero-order chi connectivity index (χ0) is 8.97. The molecule has 1 aliphatic rings. The first kappa shape index (κ1) is 10.0. The molecule has 0 bridgehead atoms. The lowest BCUT2D eigenvalue weighted by Gasteiger charge is -2.22. The number of rotatable bonds is 2. The molecule has 1 N–H and O–H groups in total. The van der Waals surface area contributed by atoms with Crippen LogP contribution < -0.4 is 5.32 Å². The fourth-order valence-corrected chi connectivity index (χ4v) is 2.27. The first-order chi connectivity index (χ1) is 5.74. The molecule has 0 amide bonds. The van der Waals surface area contributed by atoms with E-state index in [0.717, 1.165) is 17.9 Å². The van der Waals surface area contributed by atoms with Crippen LogP contribution in [0.3, 0.4) is 0 Å². The third-order valence-electron chi connectivity index (χ3n) is 3.32. The van der Waals surface area contributed by atoms with Crippen molar-refractivity contribution in [3.8, 4) is 0 Å². The molecule has 0 aromatic rings. The van der Waals surface area contributed by atoms with E-state index >= 15 is 0 Å². The highest BCUT2D eigenvalue weighted by atomic mass is 14.9. The first-order valence-electron chi connectivity index (χ1n) is 5.41. The highest BCUT2D eigenvalue weighted by Gasteiger charge is 2.20. The fraction of sp³-hybridized carbons (Fsp3) is 1.00. The lowest BCUT2D eigenvalue weighted by Crippen LogP contribution is -2.27. The van der Waals surface area contributed by atoms with Gasteiger partial charge in [-0.05, 0) is 31.7 Å². The molecule has 0 aromatic heterocycles. The average molecular weight is 169 g/mol. The van der Waals surface area contributed by atoms with Crippen molar-refractivity contribution in [3.63, 3.8) is 0 Å². The molecule has 0 radical (unpaired) electrons. The summed E-state index contributed by atoms with van der Waals surface area (Å²) in [5.74, 6) is 1.84. The standard InChI is InChI=1S/C11H23N/c1-9(2)10-6-4-5-7-11(8-10)12-3/h9-12H,4-8H2,1-3H3. The third-order valence-corrected chi connectivity index (χ3v) is 3.32. The molecule has 0 heterocycles. The predicted molar refractivity (Wildman–Crippen MR) is 54.3 cm³/mol. The molecule has 0 aliphatic heterocycles. The van der Waals surface area contributed by atoms with Crippen molar-refractivity contribution < 1.29 is 0 Å². The molecule has 2 unspecified atom stereocenters. The molecule has 1 nitrogen and oxygen atoms in total. The molecule has 2 atom stereocenters. The average Bonchev–Trinajstić information content (AvgIpc) is 2.28. The van der Waals surface area contributed by atoms with Gasteiger partial charge in [0.1, 0.15) is 0 Å². The van der Waals surface area contributed by atoms with Gasteiger partial charge in [0.05, 0.1) is 0 Å². The molecule has 1 fully saturated rings. The minimum atomic E-state index is 0.792. The Balaban J connectivity index is 2.42. The SMILES string of the molecule is CNC1CCCCC(C(C)C)C1. The molecular formula is C11H23N. The van der Waals surface area contributed by atoms with E-state index in [-0.39, 0.29) is 0 Å². The Hall–Kier alpha value is -0.0400. The van der Waals surface area contributed by atoms with Gasteiger partial charge in [-0.1, -0.05) is 33.1 Å². The Bertz CT molecular complexity index is 120. The molecule has 72 valence electrons. The highest BCUT2D eigenvalue weighted by molar-refractivity contribution is 4.76. The third kappa shape index (κ3) is 2.78. The van der Waals surface area contributed by atoms with Crippen molar-refractivity contribution in [2.24, 2.45) is 11.8 Å². The highest BCUT2D eigenvalue weighted by Crippen LogP contribution is 2.28. The van der Waals surface area contributed by atoms with Crippen molar-refractivity contribution >= 4 is 0 Å². The molecule has 1 aliphatic carbocycles. The van der Waals surface area contributed by atoms with Crippen LogP contribution in [0.2, 0.25) is 0 Å². The van der Waals surface area contributed by atoms with Crippen molar-refractivity contribution in [1.29, 1.82) is 0 Å². The minimum absolute atomic E-state index is 0.792. The van der Waals surface area contributed by atoms with Gasteiger partial charge in [0.2, 0.25) is 0 Å². The largest absolute Gasteiger partial charge is 0.317 e. The van der Waals surface area contributed by atoms with Gasteiger partial charge in [0, 0.05) is 6.04 Å². The van der Waals surface area contributed by atoms with E-state index in [4.69, 9.17) is 0 Å². The topological polar surface area (TPSA) is 12.0 Å². The van der Waals surface area contributed by atoms with Gasteiger partial charge in [-0.15, -0.1) is 0 Å². The molecular weight excluding hydrogens is 146 g/mol. The van der Waals surface area contributed by atoms with Crippen LogP contribution in [0.1, 0.15) is 46.0 Å². The van der Waals surface area contributed by atoms with Gasteiger partial charge >= 0.3 is 0 Å². The van der Waals surface area contributed by atoms with Crippen LogP contribution in [0.5, 0.6) is 0 Å². The van der Waals surface area contributed by atoms with E-state index in [1.165, 1.54) is 32.1 Å². The smallest absolute Gasteiger partial charge is 0.00668 e. The quantitative estimate of drug-likeness (QED) is 0.627. The summed E-state index contributed by atoms with van der Waals surface area (Å²) in [5, 5.41) is 3.43. The zero-order valence-corrected chi connectivity index (χ0v) is 8.77. The molecule has 1 rings (SSSR count). The Labute approximate surface area is 76.9 Å². The second-order valence-corrected chi connectivity index (χ2v) is 4.51. The van der Waals surface area contributed by atoms with Crippen molar-refractivity contribution in [2.75, 3.05) is 7.05 Å². The van der Waals surface area contributed by atoms with Gasteiger partial charge in [0.15, 0.2) is 0 Å². The second kappa shape index (κ2) is 4.86. The van der Waals surface area contributed by atoms with E-state index < -0.39 is 0 Å². The van der Waals surface area contributed by atoms with Crippen LogP contribution in [-0.4, -0.2) is 13.1 Å². The van der Waals surface area contributed by atoms with Gasteiger partial charge < -0.3 is 5.32 Å². The monoisotopic (exact) mass is 169 g/mol. The normalized spacial score (nSPS) is 32.0. The van der Waals surface area contributed by atoms with Gasteiger partial charge in [-0.3, -0.25) is 0 Å². The summed E-state index contributed by atoms with van der Waals surface area (Å²) in [6, 6.07) is 0.792. The van der Waals surface area contributed by atoms with E-state index in [9.17, 15) is 0 Å². The summed E-state index contributed by atoms with van der Waals surface area (Å²) in [4.78, 5) is 0. The van der Waals surface area contributed by atoms with Gasteiger partial charge in [-0.25, -0.2) is 0 Å². The Morgan fingerprint density at radius 2 is 1.83 bits per heavy atom. The van der Waals surface area contributed by atoms with Crippen LogP contribution in [0.25, 0.3) is 0 Å². The Kier molecular flexibility index (Phi) is 4.07. The lowest BCUT2D eigenvalue weighted by atomic mass is 9.87. The number of hydrogen-bond donors (Lipinski definition) is 1. The van der Waals surface area contributed by atoms with Crippen LogP contribution in [0.15, 0.2) is 0 Å². The summed E-state index contributed by atoms with van der Waals surface area (Å²) in [6.45, 7) is 4.73. The fourth-order valence-electron chi connectivity index (χ4n) is 2.27. The predicted octanol–water partition coefficient (Wildman–Crippen LogP) is 2.81. The maximum atomic E-state index is 3.43. The van der Waals surface area contributed by atoms with Crippen molar-refractivity contribution in [2.45, 2.75) is 52.0 Å². The summed E-state index contributed by atoms with van der Waals surface area (Å²) < 4.78 is 0. The second-order valence-electron chi connectivity index (χ2n) is 4.51. The van der Waals surface area contributed by atoms with Gasteiger partial charge in [-0.2, -0.15) is 0 Å². The van der Waals surface area contributed by atoms with Crippen LogP contribution in [-0.2, 0) is 0 Å². The molecule has 1 saturated carbocycles. The minimum Gasteiger partial charge on any atom is -0.317 e. The molecule has 1 heteroatoms. The number of nitrogens with one attached hydrogen (secondary N) is 1. The Morgan fingerprint density at radius 1 is 1.17 bits per heavy atom. The number of hydrogen-bond acceptors (Lipinski definition) is 1. The van der Waals surface area contributed by atoms with Crippen molar-refractivity contribution in [3.05, 3.63) is 0 Å². The van der Waals surface area contributed by atoms with Crippen LogP contribution >= 0.6 is 0 Å². The van der Waals surface area contributed by atoms with Crippen molar-refractivity contribution in [1.82, 2.24) is 5.32 Å². The molecule has 12 heavy (non-hydrogen) atoms. The zero-order valence-electron chi connectivity index (χ0n) is 8.77. The van der Waals surface area contributed by atoms with Gasteiger partial charge in [0.25, 0.3) is 0 Å².